The maximum Gasteiger partial charge on any atom is 0 e. The Hall–Kier alpha value is 3.78. The van der Waals surface area contributed by atoms with Crippen molar-refractivity contribution in [1.82, 2.24) is 0 Å². The Balaban J connectivity index is 0. The van der Waals surface area contributed by atoms with Gasteiger partial charge in [-0.2, -0.15) is 0 Å². The summed E-state index contributed by atoms with van der Waals surface area (Å²) in [5.41, 5.74) is 0. The molecule has 0 atom stereocenters. The molecule has 0 aliphatic rings. The smallest absolute Gasteiger partial charge is 0 e. The Kier molecular flexibility index (Phi) is 327. The molecule has 0 aromatic rings. The second-order valence-electron chi connectivity index (χ2n) is 0. The van der Waals surface area contributed by atoms with Crippen LogP contribution in [0.3, 0.4) is 0 Å². The van der Waals surface area contributed by atoms with Crippen molar-refractivity contribution in [3.63, 3.8) is 0 Å². The van der Waals surface area contributed by atoms with Crippen molar-refractivity contribution in [3.8, 4) is 0 Å². The van der Waals surface area contributed by atoms with Crippen molar-refractivity contribution in [2.75, 3.05) is 0 Å². The van der Waals surface area contributed by atoms with Gasteiger partial charge in [-0.3, -0.25) is 0 Å². The van der Waals surface area contributed by atoms with Crippen molar-refractivity contribution in [2.24, 2.45) is 0 Å². The number of rotatable bonds is 0. The van der Waals surface area contributed by atoms with Gasteiger partial charge in [-0.25, -0.2) is 0 Å². The summed E-state index contributed by atoms with van der Waals surface area (Å²) in [6.45, 7) is 0. The molecule has 0 saturated heterocycles. The van der Waals surface area contributed by atoms with E-state index in [1.165, 1.54) is 0 Å². The summed E-state index contributed by atoms with van der Waals surface area (Å²) in [5.74, 6) is 0. The minimum atomic E-state index is 0. The third kappa shape index (κ3) is 25.0. The van der Waals surface area contributed by atoms with Crippen LogP contribution >= 0.6 is 0 Å². The normalized spacial score (nSPS) is 0. The zero-order chi connectivity index (χ0) is 0. The maximum atomic E-state index is 0. The largest absolute Gasteiger partial charge is 0 e. The number of hydrogen-bond acceptors (Lipinski definition) is 0. The minimum Gasteiger partial charge on any atom is 0 e. The van der Waals surface area contributed by atoms with Crippen LogP contribution < -0.4 is 0 Å². The van der Waals surface area contributed by atoms with Gasteiger partial charge in [0.1, 0.15) is 0 Å². The molecule has 0 aliphatic carbocycles. The fraction of sp³-hybridized carbons (Fsp3) is 0. The van der Waals surface area contributed by atoms with Crippen LogP contribution in [0.5, 0.6) is 0 Å². The van der Waals surface area contributed by atoms with Gasteiger partial charge in [-0.1, -0.05) is 0 Å². The van der Waals surface area contributed by atoms with Crippen molar-refractivity contribution in [3.05, 3.63) is 0 Å². The molecule has 0 bridgehead atoms. The monoisotopic (exact) mass is 461 g/mol. The molecular formula is Co5Er. The van der Waals surface area contributed by atoms with Gasteiger partial charge in [-0.15, -0.1) is 0 Å². The Morgan fingerprint density at radius 2 is 0.333 bits per heavy atom. The van der Waals surface area contributed by atoms with Crippen molar-refractivity contribution < 1.29 is 121 Å². The fourth-order valence-electron chi connectivity index (χ4n) is 0. The summed E-state index contributed by atoms with van der Waals surface area (Å²) in [5, 5.41) is 0. The van der Waals surface area contributed by atoms with Gasteiger partial charge in [0.2, 0.25) is 0 Å². The van der Waals surface area contributed by atoms with Crippen molar-refractivity contribution in [2.45, 2.75) is 0 Å². The molecule has 0 N–H and O–H groups in total. The van der Waals surface area contributed by atoms with Crippen LogP contribution in [0.15, 0.2) is 0 Å². The van der Waals surface area contributed by atoms with E-state index in [2.05, 4.69) is 0 Å². The summed E-state index contributed by atoms with van der Waals surface area (Å²) in [6, 6.07) is 0. The summed E-state index contributed by atoms with van der Waals surface area (Å²) < 4.78 is 0. The van der Waals surface area contributed by atoms with Crippen LogP contribution in [0.4, 0.5) is 0 Å². The van der Waals surface area contributed by atoms with E-state index >= 15 is 0 Å². The van der Waals surface area contributed by atoms with Crippen LogP contribution in [0.1, 0.15) is 0 Å². The summed E-state index contributed by atoms with van der Waals surface area (Å²) in [4.78, 5) is 0. The summed E-state index contributed by atoms with van der Waals surface area (Å²) in [6.07, 6.45) is 0. The topological polar surface area (TPSA) is 0 Å². The van der Waals surface area contributed by atoms with Crippen LogP contribution in [-0.2, 0) is 83.9 Å². The van der Waals surface area contributed by atoms with E-state index in [0.717, 1.165) is 0 Å². The zero-order valence-electron chi connectivity index (χ0n) is 1.96. The molecule has 0 rings (SSSR count). The molecule has 6 heavy (non-hydrogen) atoms. The predicted octanol–water partition coefficient (Wildman–Crippen LogP) is -0.0125. The Bertz CT molecular complexity index is 3.90. The number of hydrogen-bond donors (Lipinski definition) is 0. The molecule has 0 unspecified atom stereocenters. The fourth-order valence-corrected chi connectivity index (χ4v) is 0. The quantitative estimate of drug-likeness (QED) is 0.476. The van der Waals surface area contributed by atoms with E-state index in [1.54, 1.807) is 0 Å². The Labute approximate surface area is 119 Å². The first-order valence-corrected chi connectivity index (χ1v) is 0. The average molecular weight is 462 g/mol. The Morgan fingerprint density at radius 3 is 0.333 bits per heavy atom. The molecule has 0 saturated carbocycles. The zero-order valence-corrected chi connectivity index (χ0v) is 9.01. The molecule has 0 nitrogen and oxygen atoms in total. The molecule has 0 amide bonds. The van der Waals surface area contributed by atoms with E-state index < -0.39 is 0 Å². The van der Waals surface area contributed by atoms with Gasteiger partial charge in [0, 0.05) is 121 Å². The van der Waals surface area contributed by atoms with Gasteiger partial charge >= 0.3 is 0 Å². The predicted molar refractivity (Wildman–Crippen MR) is 0 cm³/mol. The van der Waals surface area contributed by atoms with Crippen LogP contribution in [0.25, 0.3) is 0 Å². The SMILES string of the molecule is [Co].[Co].[Co].[Co].[Co].[Er]. The van der Waals surface area contributed by atoms with Crippen LogP contribution in [-0.4, -0.2) is 0 Å². The molecule has 0 aromatic carbocycles. The average Bonchev–Trinajstić information content (AvgIpc) is 0. The van der Waals surface area contributed by atoms with Crippen molar-refractivity contribution in [1.29, 1.82) is 0 Å². The molecule has 5 radical (unpaired) electrons. The van der Waals surface area contributed by atoms with Crippen LogP contribution in [0, 0.1) is 37.3 Å². The molecular weight excluding hydrogens is 462 g/mol. The molecule has 0 aliphatic heterocycles. The summed E-state index contributed by atoms with van der Waals surface area (Å²) >= 11 is 0. The van der Waals surface area contributed by atoms with E-state index in [9.17, 15) is 0 Å². The molecule has 6 heteroatoms. The summed E-state index contributed by atoms with van der Waals surface area (Å²) in [7, 11) is 0. The van der Waals surface area contributed by atoms with Crippen LogP contribution in [0.2, 0.25) is 0 Å². The molecule has 57 valence electrons. The first kappa shape index (κ1) is 52.8. The van der Waals surface area contributed by atoms with E-state index in [0.29, 0.717) is 0 Å². The molecule has 0 spiro atoms. The minimum absolute atomic E-state index is 0. The van der Waals surface area contributed by atoms with E-state index in [4.69, 9.17) is 0 Å². The second-order valence-corrected chi connectivity index (χ2v) is 0. The van der Waals surface area contributed by atoms with Gasteiger partial charge in [0.05, 0.1) is 0 Å². The maximum absolute atomic E-state index is 0. The second kappa shape index (κ2) is 37.2. The van der Waals surface area contributed by atoms with Gasteiger partial charge in [0.15, 0.2) is 0 Å². The van der Waals surface area contributed by atoms with Gasteiger partial charge in [-0.05, 0) is 0 Å². The molecule has 0 fully saturated rings. The molecule has 0 aromatic heterocycles. The first-order chi connectivity index (χ1) is 0. The van der Waals surface area contributed by atoms with Gasteiger partial charge in [0.25, 0.3) is 0 Å². The van der Waals surface area contributed by atoms with E-state index in [-0.39, 0.29) is 121 Å². The standard InChI is InChI=1S/5Co.Er. The third-order valence-corrected chi connectivity index (χ3v) is 0. The third-order valence-electron chi connectivity index (χ3n) is 0. The first-order valence-electron chi connectivity index (χ1n) is 0. The van der Waals surface area contributed by atoms with E-state index in [1.807, 2.05) is 0 Å². The Morgan fingerprint density at radius 1 is 0.333 bits per heavy atom. The molecule has 0 heterocycles. The van der Waals surface area contributed by atoms with Crippen molar-refractivity contribution >= 4 is 0 Å². The van der Waals surface area contributed by atoms with Gasteiger partial charge < -0.3 is 0 Å².